The van der Waals surface area contributed by atoms with Crippen LogP contribution < -0.4 is 0 Å². The Morgan fingerprint density at radius 1 is 0.208 bits per heavy atom. The molecule has 0 atom stereocenters. The molecule has 0 aromatic heterocycles. The van der Waals surface area contributed by atoms with Crippen LogP contribution in [-0.2, 0) is 0 Å². The van der Waals surface area contributed by atoms with Crippen LogP contribution >= 0.6 is 70.6 Å². The van der Waals surface area contributed by atoms with Crippen LogP contribution in [0.3, 0.4) is 0 Å². The van der Waals surface area contributed by atoms with E-state index in [0.29, 0.717) is 0 Å². The third kappa shape index (κ3) is 18.9. The van der Waals surface area contributed by atoms with Crippen molar-refractivity contribution in [2.75, 3.05) is 69.0 Å². The predicted octanol–water partition coefficient (Wildman–Crippen LogP) is 6.74. The zero-order valence-electron chi connectivity index (χ0n) is 15.2. The standard InChI is InChI=1S/C18H36S6/c1-2-8-20-15-16-22-10-5-6-12-24-18-17-23-11-4-3-9-21-14-13-19-7-1/h1-18H2. The molecule has 0 radical (unpaired) electrons. The molecule has 0 aromatic rings. The van der Waals surface area contributed by atoms with E-state index >= 15 is 0 Å². The Hall–Kier alpha value is 2.10. The van der Waals surface area contributed by atoms with Gasteiger partial charge in [-0.05, 0) is 73.0 Å². The summed E-state index contributed by atoms with van der Waals surface area (Å²) < 4.78 is 0. The van der Waals surface area contributed by atoms with Crippen LogP contribution in [0.5, 0.6) is 0 Å². The van der Waals surface area contributed by atoms with E-state index in [1.165, 1.54) is 108 Å². The van der Waals surface area contributed by atoms with Crippen molar-refractivity contribution in [1.29, 1.82) is 0 Å². The highest BCUT2D eigenvalue weighted by Crippen LogP contribution is 2.16. The first kappa shape index (κ1) is 24.1. The molecule has 0 aromatic carbocycles. The Balaban J connectivity index is 2.00. The summed E-state index contributed by atoms with van der Waals surface area (Å²) in [6.45, 7) is 0. The van der Waals surface area contributed by atoms with E-state index in [2.05, 4.69) is 70.6 Å². The minimum atomic E-state index is 1.36. The van der Waals surface area contributed by atoms with Gasteiger partial charge in [0.1, 0.15) is 0 Å². The maximum atomic E-state index is 2.17. The zero-order chi connectivity index (χ0) is 17.0. The Morgan fingerprint density at radius 2 is 0.375 bits per heavy atom. The molecule has 0 spiro atoms. The molecular formula is C18H36S6. The lowest BCUT2D eigenvalue weighted by atomic mass is 10.4. The van der Waals surface area contributed by atoms with E-state index in [4.69, 9.17) is 0 Å². The van der Waals surface area contributed by atoms with E-state index in [0.717, 1.165) is 0 Å². The molecule has 0 nitrogen and oxygen atoms in total. The van der Waals surface area contributed by atoms with Crippen LogP contribution in [0.25, 0.3) is 0 Å². The van der Waals surface area contributed by atoms with E-state index in [1.807, 2.05) is 0 Å². The van der Waals surface area contributed by atoms with E-state index in [9.17, 15) is 0 Å². The average molecular weight is 445 g/mol. The fourth-order valence-corrected chi connectivity index (χ4v) is 8.69. The van der Waals surface area contributed by atoms with Gasteiger partial charge in [0.2, 0.25) is 0 Å². The summed E-state index contributed by atoms with van der Waals surface area (Å²) in [7, 11) is 0. The van der Waals surface area contributed by atoms with Gasteiger partial charge in [-0.1, -0.05) is 0 Å². The number of hydrogen-bond acceptors (Lipinski definition) is 6. The Kier molecular flexibility index (Phi) is 21.5. The van der Waals surface area contributed by atoms with Crippen molar-refractivity contribution in [2.24, 2.45) is 0 Å². The van der Waals surface area contributed by atoms with Crippen molar-refractivity contribution in [1.82, 2.24) is 0 Å². The summed E-state index contributed by atoms with van der Waals surface area (Å²) in [5.41, 5.74) is 0. The summed E-state index contributed by atoms with van der Waals surface area (Å²) >= 11 is 13.0. The van der Waals surface area contributed by atoms with E-state index in [-0.39, 0.29) is 0 Å². The smallest absolute Gasteiger partial charge is 0.00235 e. The molecule has 6 heteroatoms. The zero-order valence-corrected chi connectivity index (χ0v) is 20.1. The molecule has 24 heavy (non-hydrogen) atoms. The molecule has 1 aliphatic heterocycles. The first-order valence-corrected chi connectivity index (χ1v) is 16.4. The maximum Gasteiger partial charge on any atom is 0.00235 e. The number of rotatable bonds is 0. The first-order valence-electron chi connectivity index (χ1n) is 9.46. The minimum Gasteiger partial charge on any atom is -0.161 e. The molecule has 1 heterocycles. The van der Waals surface area contributed by atoms with E-state index in [1.54, 1.807) is 0 Å². The van der Waals surface area contributed by atoms with E-state index < -0.39 is 0 Å². The van der Waals surface area contributed by atoms with Crippen LogP contribution in [0.4, 0.5) is 0 Å². The normalized spacial score (nSPS) is 24.0. The van der Waals surface area contributed by atoms with Gasteiger partial charge in [0, 0.05) is 34.5 Å². The lowest BCUT2D eigenvalue weighted by molar-refractivity contribution is 0.904. The monoisotopic (exact) mass is 444 g/mol. The second-order valence-corrected chi connectivity index (χ2v) is 13.1. The van der Waals surface area contributed by atoms with Crippen LogP contribution in [0.1, 0.15) is 38.5 Å². The van der Waals surface area contributed by atoms with Gasteiger partial charge < -0.3 is 0 Å². The Labute approximate surface area is 177 Å². The third-order valence-corrected chi connectivity index (χ3v) is 10.8. The highest BCUT2D eigenvalue weighted by Gasteiger charge is 1.97. The van der Waals surface area contributed by atoms with Gasteiger partial charge in [-0.25, -0.2) is 0 Å². The van der Waals surface area contributed by atoms with Gasteiger partial charge in [0.15, 0.2) is 0 Å². The van der Waals surface area contributed by atoms with Crippen molar-refractivity contribution in [3.63, 3.8) is 0 Å². The summed E-state index contributed by atoms with van der Waals surface area (Å²) in [6, 6.07) is 0. The van der Waals surface area contributed by atoms with Gasteiger partial charge in [0.05, 0.1) is 0 Å². The van der Waals surface area contributed by atoms with Gasteiger partial charge in [-0.3, -0.25) is 0 Å². The topological polar surface area (TPSA) is 0 Å². The minimum absolute atomic E-state index is 1.36. The molecule has 0 N–H and O–H groups in total. The quantitative estimate of drug-likeness (QED) is 0.403. The second kappa shape index (κ2) is 21.4. The Bertz CT molecular complexity index is 130. The van der Waals surface area contributed by atoms with Crippen LogP contribution in [0.15, 0.2) is 0 Å². The van der Waals surface area contributed by atoms with Crippen molar-refractivity contribution < 1.29 is 0 Å². The van der Waals surface area contributed by atoms with Gasteiger partial charge in [-0.2, -0.15) is 70.6 Å². The highest BCUT2D eigenvalue weighted by atomic mass is 32.2. The van der Waals surface area contributed by atoms with Crippen LogP contribution in [-0.4, -0.2) is 69.0 Å². The van der Waals surface area contributed by atoms with Gasteiger partial charge >= 0.3 is 0 Å². The lowest BCUT2D eigenvalue weighted by Gasteiger charge is -2.05. The molecule has 0 amide bonds. The molecular weight excluding hydrogens is 409 g/mol. The SMILES string of the molecule is C1CCSCCSCCCCSCCSCCCCSCCSC1. The van der Waals surface area contributed by atoms with Crippen molar-refractivity contribution in [3.8, 4) is 0 Å². The second-order valence-electron chi connectivity index (χ2n) is 5.80. The summed E-state index contributed by atoms with van der Waals surface area (Å²) in [5, 5.41) is 0. The third-order valence-electron chi connectivity index (χ3n) is 3.60. The fourth-order valence-electron chi connectivity index (χ4n) is 2.19. The summed E-state index contributed by atoms with van der Waals surface area (Å²) in [4.78, 5) is 0. The van der Waals surface area contributed by atoms with Crippen LogP contribution in [0, 0.1) is 0 Å². The fraction of sp³-hybridized carbons (Fsp3) is 1.00. The van der Waals surface area contributed by atoms with Crippen LogP contribution in [0.2, 0.25) is 0 Å². The van der Waals surface area contributed by atoms with Crippen molar-refractivity contribution in [3.05, 3.63) is 0 Å². The average Bonchev–Trinajstić information content (AvgIpc) is 2.59. The molecule has 1 saturated heterocycles. The Morgan fingerprint density at radius 3 is 0.542 bits per heavy atom. The largest absolute Gasteiger partial charge is 0.161 e. The molecule has 0 aliphatic carbocycles. The number of thioether (sulfide) groups is 6. The van der Waals surface area contributed by atoms with Crippen molar-refractivity contribution >= 4 is 70.6 Å². The molecule has 1 aliphatic rings. The molecule has 1 rings (SSSR count). The molecule has 0 bridgehead atoms. The van der Waals surface area contributed by atoms with Gasteiger partial charge in [0.25, 0.3) is 0 Å². The number of hydrogen-bond donors (Lipinski definition) is 0. The maximum absolute atomic E-state index is 2.17. The molecule has 0 unspecified atom stereocenters. The van der Waals surface area contributed by atoms with Gasteiger partial charge in [-0.15, -0.1) is 0 Å². The predicted molar refractivity (Wildman–Crippen MR) is 132 cm³/mol. The molecule has 144 valence electrons. The highest BCUT2D eigenvalue weighted by molar-refractivity contribution is 8.03. The summed E-state index contributed by atoms with van der Waals surface area (Å²) in [6.07, 6.45) is 8.53. The molecule has 1 fully saturated rings. The first-order chi connectivity index (χ1) is 12.0. The lowest BCUT2D eigenvalue weighted by Crippen LogP contribution is -1.94. The molecule has 0 saturated carbocycles. The summed E-state index contributed by atoms with van der Waals surface area (Å²) in [5.74, 6) is 16.4. The van der Waals surface area contributed by atoms with Crippen molar-refractivity contribution in [2.45, 2.75) is 38.5 Å².